The van der Waals surface area contributed by atoms with Crippen LogP contribution in [0.2, 0.25) is 5.02 Å². The first-order chi connectivity index (χ1) is 8.08. The van der Waals surface area contributed by atoms with Crippen LogP contribution in [0, 0.1) is 12.3 Å². The molecule has 4 nitrogen and oxygen atoms in total. The predicted octanol–water partition coefficient (Wildman–Crippen LogP) is 1.68. The highest BCUT2D eigenvalue weighted by Gasteiger charge is 2.33. The van der Waals surface area contributed by atoms with Gasteiger partial charge in [-0.15, -0.1) is 0 Å². The number of nitrogens with two attached hydrogens (primary N) is 1. The molecule has 17 heavy (non-hydrogen) atoms. The Morgan fingerprint density at radius 3 is 2.82 bits per heavy atom. The third kappa shape index (κ3) is 2.49. The zero-order chi connectivity index (χ0) is 12.5. The Hall–Kier alpha value is -0.580. The molecule has 1 aliphatic heterocycles. The summed E-state index contributed by atoms with van der Waals surface area (Å²) >= 11 is 6.29. The van der Waals surface area contributed by atoms with Crippen molar-refractivity contribution in [2.75, 3.05) is 19.8 Å². The fourth-order valence-electron chi connectivity index (χ4n) is 2.51. The van der Waals surface area contributed by atoms with E-state index in [1.165, 1.54) is 0 Å². The van der Waals surface area contributed by atoms with Crippen LogP contribution < -0.4 is 5.73 Å². The third-order valence-electron chi connectivity index (χ3n) is 3.64. The summed E-state index contributed by atoms with van der Waals surface area (Å²) in [6.07, 6.45) is 3.02. The summed E-state index contributed by atoms with van der Waals surface area (Å²) in [5.41, 5.74) is 7.92. The SMILES string of the molecule is Cc1nn(C)c(CC2(CN)CCCOC2)c1Cl. The van der Waals surface area contributed by atoms with Gasteiger partial charge >= 0.3 is 0 Å². The van der Waals surface area contributed by atoms with Gasteiger partial charge in [-0.25, -0.2) is 0 Å². The molecule has 0 aromatic carbocycles. The quantitative estimate of drug-likeness (QED) is 0.896. The minimum atomic E-state index is 0.0299. The number of aromatic nitrogens is 2. The molecule has 1 aliphatic rings. The Morgan fingerprint density at radius 1 is 1.59 bits per heavy atom. The number of hydrogen-bond donors (Lipinski definition) is 1. The third-order valence-corrected chi connectivity index (χ3v) is 4.13. The van der Waals surface area contributed by atoms with Crippen LogP contribution in [0.3, 0.4) is 0 Å². The summed E-state index contributed by atoms with van der Waals surface area (Å²) in [4.78, 5) is 0. The second-order valence-electron chi connectivity index (χ2n) is 5.01. The molecular weight excluding hydrogens is 238 g/mol. The molecule has 5 heteroatoms. The largest absolute Gasteiger partial charge is 0.381 e. The predicted molar refractivity (Wildman–Crippen MR) is 68.2 cm³/mol. The molecule has 2 N–H and O–H groups in total. The second kappa shape index (κ2) is 4.96. The molecule has 1 atom stereocenters. The zero-order valence-corrected chi connectivity index (χ0v) is 11.3. The molecular formula is C12H20ClN3O. The Labute approximate surface area is 107 Å². The van der Waals surface area contributed by atoms with Gasteiger partial charge in [-0.1, -0.05) is 11.6 Å². The van der Waals surface area contributed by atoms with Gasteiger partial charge in [0.2, 0.25) is 0 Å². The Balaban J connectivity index is 2.23. The van der Waals surface area contributed by atoms with Crippen molar-refractivity contribution in [2.45, 2.75) is 26.2 Å². The van der Waals surface area contributed by atoms with Gasteiger partial charge in [0.1, 0.15) is 0 Å². The van der Waals surface area contributed by atoms with Gasteiger partial charge in [0.15, 0.2) is 0 Å². The first-order valence-corrected chi connectivity index (χ1v) is 6.41. The van der Waals surface area contributed by atoms with E-state index in [2.05, 4.69) is 5.10 Å². The van der Waals surface area contributed by atoms with Gasteiger partial charge in [-0.3, -0.25) is 4.68 Å². The number of hydrogen-bond acceptors (Lipinski definition) is 3. The van der Waals surface area contributed by atoms with Crippen molar-refractivity contribution in [3.05, 3.63) is 16.4 Å². The molecule has 1 saturated heterocycles. The first-order valence-electron chi connectivity index (χ1n) is 6.04. The van der Waals surface area contributed by atoms with Crippen molar-refractivity contribution in [1.29, 1.82) is 0 Å². The van der Waals surface area contributed by atoms with Crippen molar-refractivity contribution >= 4 is 11.6 Å². The molecule has 96 valence electrons. The van der Waals surface area contributed by atoms with Crippen molar-refractivity contribution in [3.8, 4) is 0 Å². The molecule has 2 rings (SSSR count). The maximum Gasteiger partial charge on any atom is 0.0847 e. The Morgan fingerprint density at radius 2 is 2.35 bits per heavy atom. The summed E-state index contributed by atoms with van der Waals surface area (Å²) in [5, 5.41) is 5.11. The monoisotopic (exact) mass is 257 g/mol. The zero-order valence-electron chi connectivity index (χ0n) is 10.5. The van der Waals surface area contributed by atoms with E-state index in [0.717, 1.165) is 48.9 Å². The topological polar surface area (TPSA) is 53.1 Å². The maximum absolute atomic E-state index is 6.29. The lowest BCUT2D eigenvalue weighted by Crippen LogP contribution is -2.41. The molecule has 1 aromatic rings. The molecule has 0 aliphatic carbocycles. The van der Waals surface area contributed by atoms with Gasteiger partial charge < -0.3 is 10.5 Å². The van der Waals surface area contributed by atoms with Crippen LogP contribution in [0.25, 0.3) is 0 Å². The number of rotatable bonds is 3. The van der Waals surface area contributed by atoms with Crippen LogP contribution in [0.5, 0.6) is 0 Å². The number of ether oxygens (including phenoxy) is 1. The molecule has 0 bridgehead atoms. The van der Waals surface area contributed by atoms with Crippen LogP contribution in [-0.4, -0.2) is 29.5 Å². The van der Waals surface area contributed by atoms with Crippen molar-refractivity contribution in [2.24, 2.45) is 18.2 Å². The molecule has 0 amide bonds. The van der Waals surface area contributed by atoms with E-state index in [1.807, 2.05) is 18.7 Å². The molecule has 1 unspecified atom stereocenters. The van der Waals surface area contributed by atoms with Gasteiger partial charge in [0.05, 0.1) is 23.0 Å². The van der Waals surface area contributed by atoms with Crippen molar-refractivity contribution in [3.63, 3.8) is 0 Å². The van der Waals surface area contributed by atoms with E-state index in [9.17, 15) is 0 Å². The molecule has 0 radical (unpaired) electrons. The van der Waals surface area contributed by atoms with Gasteiger partial charge in [-0.2, -0.15) is 5.10 Å². The minimum Gasteiger partial charge on any atom is -0.381 e. The number of aryl methyl sites for hydroxylation is 2. The van der Waals surface area contributed by atoms with Gasteiger partial charge in [-0.05, 0) is 26.2 Å². The second-order valence-corrected chi connectivity index (χ2v) is 5.38. The summed E-state index contributed by atoms with van der Waals surface area (Å²) in [6, 6.07) is 0. The summed E-state index contributed by atoms with van der Waals surface area (Å²) in [6.45, 7) is 4.13. The Bertz CT molecular complexity index is 397. The van der Waals surface area contributed by atoms with E-state index in [0.29, 0.717) is 6.54 Å². The van der Waals surface area contributed by atoms with E-state index in [1.54, 1.807) is 0 Å². The molecule has 1 fully saturated rings. The van der Waals surface area contributed by atoms with Crippen molar-refractivity contribution < 1.29 is 4.74 Å². The normalized spacial score (nSPS) is 25.2. The van der Waals surface area contributed by atoms with E-state index >= 15 is 0 Å². The minimum absolute atomic E-state index is 0.0299. The molecule has 0 spiro atoms. The average Bonchev–Trinajstić information content (AvgIpc) is 2.57. The molecule has 2 heterocycles. The van der Waals surface area contributed by atoms with E-state index in [-0.39, 0.29) is 5.41 Å². The molecule has 0 saturated carbocycles. The van der Waals surface area contributed by atoms with Gasteiger partial charge in [0, 0.05) is 25.6 Å². The average molecular weight is 258 g/mol. The maximum atomic E-state index is 6.29. The fourth-order valence-corrected chi connectivity index (χ4v) is 2.74. The number of nitrogens with zero attached hydrogens (tertiary/aromatic N) is 2. The lowest BCUT2D eigenvalue weighted by Gasteiger charge is -2.36. The first kappa shape index (κ1) is 12.9. The highest BCUT2D eigenvalue weighted by molar-refractivity contribution is 6.31. The lowest BCUT2D eigenvalue weighted by molar-refractivity contribution is -0.00351. The fraction of sp³-hybridized carbons (Fsp3) is 0.750. The van der Waals surface area contributed by atoms with E-state index in [4.69, 9.17) is 22.1 Å². The highest BCUT2D eigenvalue weighted by atomic mass is 35.5. The molecule has 1 aromatic heterocycles. The van der Waals surface area contributed by atoms with E-state index < -0.39 is 0 Å². The Kier molecular flexibility index (Phi) is 3.76. The van der Waals surface area contributed by atoms with Gasteiger partial charge in [0.25, 0.3) is 0 Å². The number of halogens is 1. The van der Waals surface area contributed by atoms with Crippen LogP contribution >= 0.6 is 11.6 Å². The highest BCUT2D eigenvalue weighted by Crippen LogP contribution is 2.34. The van der Waals surface area contributed by atoms with Crippen molar-refractivity contribution in [1.82, 2.24) is 9.78 Å². The standard InChI is InChI=1S/C12H20ClN3O/c1-9-11(13)10(16(2)15-9)6-12(7-14)4-3-5-17-8-12/h3-8,14H2,1-2H3. The summed E-state index contributed by atoms with van der Waals surface area (Å²) in [5.74, 6) is 0. The lowest BCUT2D eigenvalue weighted by atomic mass is 9.78. The summed E-state index contributed by atoms with van der Waals surface area (Å²) < 4.78 is 7.45. The van der Waals surface area contributed by atoms with Crippen LogP contribution in [-0.2, 0) is 18.2 Å². The van der Waals surface area contributed by atoms with Crippen LogP contribution in [0.15, 0.2) is 0 Å². The van der Waals surface area contributed by atoms with Crippen LogP contribution in [0.1, 0.15) is 24.2 Å². The summed E-state index contributed by atoms with van der Waals surface area (Å²) in [7, 11) is 1.93. The van der Waals surface area contributed by atoms with Crippen LogP contribution in [0.4, 0.5) is 0 Å². The smallest absolute Gasteiger partial charge is 0.0847 e.